The number of amides is 1. The molecule has 1 aliphatic rings. The summed E-state index contributed by atoms with van der Waals surface area (Å²) in [5.41, 5.74) is 2.06. The van der Waals surface area contributed by atoms with E-state index in [0.29, 0.717) is 11.4 Å². The summed E-state index contributed by atoms with van der Waals surface area (Å²) < 4.78 is 0. The molecule has 0 radical (unpaired) electrons. The van der Waals surface area contributed by atoms with Crippen LogP contribution in [0.25, 0.3) is 0 Å². The third-order valence-corrected chi connectivity index (χ3v) is 3.09. The summed E-state index contributed by atoms with van der Waals surface area (Å²) in [6.45, 7) is 2.89. The normalized spacial score (nSPS) is 16.1. The number of aryl methyl sites for hydroxylation is 1. The first-order valence-electron chi connectivity index (χ1n) is 5.31. The zero-order chi connectivity index (χ0) is 10.8. The van der Waals surface area contributed by atoms with Crippen molar-refractivity contribution in [2.75, 3.05) is 11.4 Å². The van der Waals surface area contributed by atoms with Gasteiger partial charge in [-0.25, -0.2) is 0 Å². The Bertz CT molecular complexity index is 389. The van der Waals surface area contributed by atoms with Gasteiger partial charge in [0.1, 0.15) is 0 Å². The third-order valence-electron chi connectivity index (χ3n) is 2.78. The van der Waals surface area contributed by atoms with Gasteiger partial charge in [-0.15, -0.1) is 0 Å². The lowest BCUT2D eigenvalue weighted by atomic mass is 10.1. The molecule has 0 bridgehead atoms. The highest BCUT2D eigenvalue weighted by molar-refractivity contribution is 6.34. The maximum Gasteiger partial charge on any atom is 0.227 e. The van der Waals surface area contributed by atoms with E-state index in [1.54, 1.807) is 4.90 Å². The van der Waals surface area contributed by atoms with Gasteiger partial charge in [-0.1, -0.05) is 24.6 Å². The molecule has 0 aliphatic carbocycles. The first-order valence-corrected chi connectivity index (χ1v) is 5.69. The van der Waals surface area contributed by atoms with Crippen LogP contribution in [0.2, 0.25) is 5.02 Å². The maximum atomic E-state index is 11.5. The second kappa shape index (κ2) is 4.23. The standard InChI is InChI=1S/C12H14ClNO/c1-2-9-5-6-11(10(13)8-9)14-7-3-4-12(14)15/h5-6,8H,2-4,7H2,1H3. The van der Waals surface area contributed by atoms with E-state index in [2.05, 4.69) is 6.92 Å². The van der Waals surface area contributed by atoms with Crippen LogP contribution in [-0.4, -0.2) is 12.5 Å². The van der Waals surface area contributed by atoms with Gasteiger partial charge in [-0.3, -0.25) is 4.79 Å². The van der Waals surface area contributed by atoms with Gasteiger partial charge in [0.2, 0.25) is 5.91 Å². The molecular formula is C12H14ClNO. The molecule has 15 heavy (non-hydrogen) atoms. The first kappa shape index (κ1) is 10.5. The summed E-state index contributed by atoms with van der Waals surface area (Å²) >= 11 is 6.16. The Morgan fingerprint density at radius 2 is 2.27 bits per heavy atom. The lowest BCUT2D eigenvalue weighted by molar-refractivity contribution is -0.117. The van der Waals surface area contributed by atoms with Gasteiger partial charge in [0.15, 0.2) is 0 Å². The first-order chi connectivity index (χ1) is 7.22. The summed E-state index contributed by atoms with van der Waals surface area (Å²) in [4.78, 5) is 13.3. The average Bonchev–Trinajstić information content (AvgIpc) is 2.64. The molecule has 0 unspecified atom stereocenters. The highest BCUT2D eigenvalue weighted by Gasteiger charge is 2.23. The van der Waals surface area contributed by atoms with Crippen LogP contribution in [0.15, 0.2) is 18.2 Å². The average molecular weight is 224 g/mol. The molecule has 1 amide bonds. The van der Waals surface area contributed by atoms with Crippen molar-refractivity contribution in [3.63, 3.8) is 0 Å². The third kappa shape index (κ3) is 2.00. The van der Waals surface area contributed by atoms with Crippen molar-refractivity contribution in [3.05, 3.63) is 28.8 Å². The molecule has 2 rings (SSSR count). The lowest BCUT2D eigenvalue weighted by Gasteiger charge is -2.17. The van der Waals surface area contributed by atoms with Crippen molar-refractivity contribution in [2.24, 2.45) is 0 Å². The Kier molecular flexibility index (Phi) is 2.96. The molecule has 0 spiro atoms. The number of nitrogens with zero attached hydrogens (tertiary/aromatic N) is 1. The van der Waals surface area contributed by atoms with Crippen molar-refractivity contribution >= 4 is 23.2 Å². The monoisotopic (exact) mass is 223 g/mol. The van der Waals surface area contributed by atoms with Crippen molar-refractivity contribution in [1.29, 1.82) is 0 Å². The molecule has 0 saturated carbocycles. The van der Waals surface area contributed by atoms with Gasteiger partial charge in [0.05, 0.1) is 10.7 Å². The van der Waals surface area contributed by atoms with Crippen LogP contribution in [0.3, 0.4) is 0 Å². The molecule has 1 aromatic rings. The number of rotatable bonds is 2. The highest BCUT2D eigenvalue weighted by Crippen LogP contribution is 2.30. The number of carbonyl (C=O) groups excluding carboxylic acids is 1. The highest BCUT2D eigenvalue weighted by atomic mass is 35.5. The Morgan fingerprint density at radius 3 is 2.80 bits per heavy atom. The molecule has 1 fully saturated rings. The van der Waals surface area contributed by atoms with E-state index in [9.17, 15) is 4.79 Å². The van der Waals surface area contributed by atoms with Gasteiger partial charge in [-0.05, 0) is 30.5 Å². The Labute approximate surface area is 94.8 Å². The molecule has 0 atom stereocenters. The smallest absolute Gasteiger partial charge is 0.227 e. The second-order valence-corrected chi connectivity index (χ2v) is 4.20. The number of carbonyl (C=O) groups is 1. The predicted octanol–water partition coefficient (Wildman–Crippen LogP) is 3.03. The van der Waals surface area contributed by atoms with E-state index in [1.165, 1.54) is 5.56 Å². The Hall–Kier alpha value is -1.02. The number of benzene rings is 1. The minimum Gasteiger partial charge on any atom is -0.311 e. The second-order valence-electron chi connectivity index (χ2n) is 3.79. The van der Waals surface area contributed by atoms with Gasteiger partial charge < -0.3 is 4.90 Å². The number of hydrogen-bond acceptors (Lipinski definition) is 1. The summed E-state index contributed by atoms with van der Waals surface area (Å²) in [5.74, 6) is 0.182. The van der Waals surface area contributed by atoms with E-state index < -0.39 is 0 Å². The van der Waals surface area contributed by atoms with E-state index in [1.807, 2.05) is 18.2 Å². The van der Waals surface area contributed by atoms with Crippen molar-refractivity contribution in [3.8, 4) is 0 Å². The molecule has 1 aromatic carbocycles. The molecule has 3 heteroatoms. The lowest BCUT2D eigenvalue weighted by Crippen LogP contribution is -2.23. The summed E-state index contributed by atoms with van der Waals surface area (Å²) in [6.07, 6.45) is 2.55. The number of halogens is 1. The van der Waals surface area contributed by atoms with Crippen LogP contribution in [-0.2, 0) is 11.2 Å². The number of hydrogen-bond donors (Lipinski definition) is 0. The summed E-state index contributed by atoms with van der Waals surface area (Å²) in [7, 11) is 0. The van der Waals surface area contributed by atoms with Crippen LogP contribution < -0.4 is 4.90 Å². The van der Waals surface area contributed by atoms with Gasteiger partial charge in [0, 0.05) is 13.0 Å². The largest absolute Gasteiger partial charge is 0.311 e. The SMILES string of the molecule is CCc1ccc(N2CCCC2=O)c(Cl)c1. The maximum absolute atomic E-state index is 11.5. The minimum atomic E-state index is 0.182. The molecule has 1 aliphatic heterocycles. The van der Waals surface area contributed by atoms with Crippen molar-refractivity contribution in [1.82, 2.24) is 0 Å². The molecular weight excluding hydrogens is 210 g/mol. The van der Waals surface area contributed by atoms with Crippen molar-refractivity contribution < 1.29 is 4.79 Å². The fraction of sp³-hybridized carbons (Fsp3) is 0.417. The van der Waals surface area contributed by atoms with E-state index in [4.69, 9.17) is 11.6 Å². The fourth-order valence-corrected chi connectivity index (χ4v) is 2.20. The van der Waals surface area contributed by atoms with Crippen LogP contribution >= 0.6 is 11.6 Å². The molecule has 1 saturated heterocycles. The molecule has 0 aromatic heterocycles. The topological polar surface area (TPSA) is 20.3 Å². The van der Waals surface area contributed by atoms with Crippen LogP contribution in [0.5, 0.6) is 0 Å². The molecule has 2 nitrogen and oxygen atoms in total. The van der Waals surface area contributed by atoms with Gasteiger partial charge >= 0.3 is 0 Å². The zero-order valence-corrected chi connectivity index (χ0v) is 9.55. The quantitative estimate of drug-likeness (QED) is 0.755. The van der Waals surface area contributed by atoms with Gasteiger partial charge in [0.25, 0.3) is 0 Å². The molecule has 80 valence electrons. The molecule has 1 heterocycles. The van der Waals surface area contributed by atoms with E-state index >= 15 is 0 Å². The van der Waals surface area contributed by atoms with Crippen LogP contribution in [0, 0.1) is 0 Å². The van der Waals surface area contributed by atoms with Crippen LogP contribution in [0.1, 0.15) is 25.3 Å². The van der Waals surface area contributed by atoms with Crippen LogP contribution in [0.4, 0.5) is 5.69 Å². The molecule has 0 N–H and O–H groups in total. The summed E-state index contributed by atoms with van der Waals surface area (Å²) in [6, 6.07) is 5.93. The predicted molar refractivity (Wildman–Crippen MR) is 62.4 cm³/mol. The van der Waals surface area contributed by atoms with Crippen molar-refractivity contribution in [2.45, 2.75) is 26.2 Å². The minimum absolute atomic E-state index is 0.182. The Balaban J connectivity index is 2.32. The van der Waals surface area contributed by atoms with Gasteiger partial charge in [-0.2, -0.15) is 0 Å². The fourth-order valence-electron chi connectivity index (χ4n) is 1.89. The zero-order valence-electron chi connectivity index (χ0n) is 8.79. The van der Waals surface area contributed by atoms with E-state index in [-0.39, 0.29) is 5.91 Å². The summed E-state index contributed by atoms with van der Waals surface area (Å²) in [5, 5.41) is 0.685. The number of anilines is 1. The Morgan fingerprint density at radius 1 is 1.47 bits per heavy atom. The van der Waals surface area contributed by atoms with E-state index in [0.717, 1.165) is 25.1 Å².